The van der Waals surface area contributed by atoms with Gasteiger partial charge in [-0.3, -0.25) is 4.79 Å². The zero-order valence-corrected chi connectivity index (χ0v) is 9.25. The van der Waals surface area contributed by atoms with E-state index in [4.69, 9.17) is 16.3 Å². The van der Waals surface area contributed by atoms with Crippen LogP contribution in [-0.2, 0) is 0 Å². The molecule has 5 nitrogen and oxygen atoms in total. The molecule has 0 fully saturated rings. The summed E-state index contributed by atoms with van der Waals surface area (Å²) in [4.78, 5) is 15.0. The van der Waals surface area contributed by atoms with Crippen LogP contribution in [0.4, 0.5) is 0 Å². The number of nitrogens with zero attached hydrogens (tertiary/aromatic N) is 3. The van der Waals surface area contributed by atoms with Crippen molar-refractivity contribution in [1.82, 2.24) is 14.8 Å². The summed E-state index contributed by atoms with van der Waals surface area (Å²) in [6, 6.07) is 0. The van der Waals surface area contributed by atoms with E-state index in [9.17, 15) is 4.79 Å². The molecule has 0 saturated heterocycles. The smallest absolute Gasteiger partial charge is 0.212 e. The van der Waals surface area contributed by atoms with E-state index >= 15 is 0 Å². The van der Waals surface area contributed by atoms with Crippen molar-refractivity contribution in [3.8, 4) is 10.9 Å². The van der Waals surface area contributed by atoms with Crippen molar-refractivity contribution in [3.05, 3.63) is 22.4 Å². The molecule has 0 aliphatic heterocycles. The topological polar surface area (TPSA) is 57.0 Å². The molecule has 0 N–H and O–H groups in total. The maximum atomic E-state index is 10.6. The average molecular weight is 244 g/mol. The highest BCUT2D eigenvalue weighted by Crippen LogP contribution is 2.24. The summed E-state index contributed by atoms with van der Waals surface area (Å²) >= 11 is 6.90. The molecule has 2 aromatic rings. The minimum absolute atomic E-state index is 0.194. The lowest BCUT2D eigenvalue weighted by molar-refractivity contribution is 0.112. The van der Waals surface area contributed by atoms with E-state index < -0.39 is 0 Å². The van der Waals surface area contributed by atoms with Crippen molar-refractivity contribution >= 4 is 29.2 Å². The molecule has 0 unspecified atom stereocenters. The third-order valence-electron chi connectivity index (χ3n) is 1.70. The lowest BCUT2D eigenvalue weighted by Crippen LogP contribution is -1.92. The normalized spacial score (nSPS) is 10.3. The van der Waals surface area contributed by atoms with Crippen LogP contribution in [-0.4, -0.2) is 28.2 Å². The Morgan fingerprint density at radius 3 is 3.00 bits per heavy atom. The number of carbonyl (C=O) groups excluding carboxylic acids is 1. The molecule has 0 spiro atoms. The van der Waals surface area contributed by atoms with Gasteiger partial charge in [-0.05, 0) is 0 Å². The number of hydrogen-bond acceptors (Lipinski definition) is 5. The number of thiazole rings is 1. The Hall–Kier alpha value is -1.40. The van der Waals surface area contributed by atoms with Crippen molar-refractivity contribution in [2.45, 2.75) is 0 Å². The predicted molar refractivity (Wildman–Crippen MR) is 56.2 cm³/mol. The Bertz CT molecular complexity index is 494. The summed E-state index contributed by atoms with van der Waals surface area (Å²) < 4.78 is 6.47. The lowest BCUT2D eigenvalue weighted by Gasteiger charge is -1.92. The first-order valence-electron chi connectivity index (χ1n) is 3.95. The van der Waals surface area contributed by atoms with E-state index in [0.717, 1.165) is 0 Å². The first-order chi connectivity index (χ1) is 7.24. The van der Waals surface area contributed by atoms with Gasteiger partial charge < -0.3 is 4.74 Å². The molecule has 0 aromatic carbocycles. The minimum Gasteiger partial charge on any atom is -0.493 e. The molecule has 0 saturated carbocycles. The molecule has 0 amide bonds. The largest absolute Gasteiger partial charge is 0.493 e. The van der Waals surface area contributed by atoms with Gasteiger partial charge in [0.15, 0.2) is 17.2 Å². The molecule has 2 aromatic heterocycles. The quantitative estimate of drug-likeness (QED) is 0.772. The van der Waals surface area contributed by atoms with Crippen LogP contribution >= 0.6 is 22.9 Å². The molecule has 2 heterocycles. The zero-order valence-electron chi connectivity index (χ0n) is 7.68. The maximum absolute atomic E-state index is 10.6. The highest BCUT2D eigenvalue weighted by molar-refractivity contribution is 7.16. The Morgan fingerprint density at radius 2 is 2.47 bits per heavy atom. The van der Waals surface area contributed by atoms with E-state index in [1.54, 1.807) is 19.5 Å². The number of aromatic nitrogens is 3. The van der Waals surface area contributed by atoms with Crippen LogP contribution in [0.1, 0.15) is 9.67 Å². The van der Waals surface area contributed by atoms with Gasteiger partial charge >= 0.3 is 0 Å². The Labute approximate surface area is 94.3 Å². The number of carbonyl (C=O) groups is 1. The third-order valence-corrected chi connectivity index (χ3v) is 3.07. The number of hydrogen-bond donors (Lipinski definition) is 0. The maximum Gasteiger partial charge on any atom is 0.212 e. The second kappa shape index (κ2) is 4.00. The number of methoxy groups -OCH3 is 1. The summed E-state index contributed by atoms with van der Waals surface area (Å²) in [5, 5.41) is 4.74. The summed E-state index contributed by atoms with van der Waals surface area (Å²) in [6.07, 6.45) is 3.88. The fourth-order valence-electron chi connectivity index (χ4n) is 0.989. The molecule has 2 rings (SSSR count). The van der Waals surface area contributed by atoms with Crippen molar-refractivity contribution in [2.75, 3.05) is 7.11 Å². The Kier molecular flexibility index (Phi) is 2.70. The molecule has 0 radical (unpaired) electrons. The molecular weight excluding hydrogens is 238 g/mol. The van der Waals surface area contributed by atoms with Gasteiger partial charge in [-0.25, -0.2) is 9.67 Å². The van der Waals surface area contributed by atoms with Gasteiger partial charge in [0.05, 0.1) is 19.5 Å². The van der Waals surface area contributed by atoms with Crippen LogP contribution < -0.4 is 4.74 Å². The summed E-state index contributed by atoms with van der Waals surface area (Å²) in [5.74, 6) is 0.619. The first-order valence-corrected chi connectivity index (χ1v) is 5.14. The molecule has 0 aliphatic rings. The average Bonchev–Trinajstić information content (AvgIpc) is 2.83. The fourth-order valence-corrected chi connectivity index (χ4v) is 1.98. The predicted octanol–water partition coefficient (Wildman–Crippen LogP) is 1.80. The van der Waals surface area contributed by atoms with E-state index in [1.165, 1.54) is 16.0 Å². The SMILES string of the molecule is COc1cnn(-c2nc(Cl)c(C=O)s2)c1. The van der Waals surface area contributed by atoms with Gasteiger partial charge in [-0.15, -0.1) is 0 Å². The molecule has 15 heavy (non-hydrogen) atoms. The van der Waals surface area contributed by atoms with Gasteiger partial charge in [-0.1, -0.05) is 22.9 Å². The van der Waals surface area contributed by atoms with Crippen molar-refractivity contribution in [1.29, 1.82) is 0 Å². The highest BCUT2D eigenvalue weighted by atomic mass is 35.5. The van der Waals surface area contributed by atoms with Crippen LogP contribution in [0.15, 0.2) is 12.4 Å². The van der Waals surface area contributed by atoms with Gasteiger partial charge in [-0.2, -0.15) is 5.10 Å². The fraction of sp³-hybridized carbons (Fsp3) is 0.125. The van der Waals surface area contributed by atoms with Crippen LogP contribution in [0, 0.1) is 0 Å². The molecule has 0 aliphatic carbocycles. The molecule has 7 heteroatoms. The molecule has 0 bridgehead atoms. The Morgan fingerprint density at radius 1 is 1.67 bits per heavy atom. The molecule has 0 atom stereocenters. The van der Waals surface area contributed by atoms with Crippen LogP contribution in [0.3, 0.4) is 0 Å². The molecule has 78 valence electrons. The second-order valence-corrected chi connectivity index (χ2v) is 3.96. The second-order valence-electron chi connectivity index (χ2n) is 2.59. The van der Waals surface area contributed by atoms with Crippen LogP contribution in [0.25, 0.3) is 5.13 Å². The third kappa shape index (κ3) is 1.86. The summed E-state index contributed by atoms with van der Waals surface area (Å²) in [5.41, 5.74) is 0. The summed E-state index contributed by atoms with van der Waals surface area (Å²) in [7, 11) is 1.55. The number of rotatable bonds is 3. The standard InChI is InChI=1S/C8H6ClN3O2S/c1-14-5-2-10-12(3-5)8-11-7(9)6(4-13)15-8/h2-4H,1H3. The van der Waals surface area contributed by atoms with Gasteiger partial charge in [0.2, 0.25) is 5.13 Å². The number of halogens is 1. The minimum atomic E-state index is 0.194. The number of aldehydes is 1. The van der Waals surface area contributed by atoms with Crippen molar-refractivity contribution in [2.24, 2.45) is 0 Å². The first kappa shape index (κ1) is 10.1. The van der Waals surface area contributed by atoms with Crippen LogP contribution in [0.5, 0.6) is 5.75 Å². The van der Waals surface area contributed by atoms with E-state index in [1.807, 2.05) is 0 Å². The number of ether oxygens (including phenoxy) is 1. The highest BCUT2D eigenvalue weighted by Gasteiger charge is 2.10. The lowest BCUT2D eigenvalue weighted by atomic mass is 10.6. The van der Waals surface area contributed by atoms with Crippen molar-refractivity contribution in [3.63, 3.8) is 0 Å². The van der Waals surface area contributed by atoms with E-state index in [0.29, 0.717) is 22.0 Å². The molecular formula is C8H6ClN3O2S. The van der Waals surface area contributed by atoms with Gasteiger partial charge in [0.25, 0.3) is 0 Å². The van der Waals surface area contributed by atoms with E-state index in [2.05, 4.69) is 10.1 Å². The Balaban J connectivity index is 2.40. The zero-order chi connectivity index (χ0) is 10.8. The van der Waals surface area contributed by atoms with Crippen LogP contribution in [0.2, 0.25) is 5.15 Å². The van der Waals surface area contributed by atoms with E-state index in [-0.39, 0.29) is 5.15 Å². The summed E-state index contributed by atoms with van der Waals surface area (Å²) in [6.45, 7) is 0. The van der Waals surface area contributed by atoms with Gasteiger partial charge in [0.1, 0.15) is 4.88 Å². The van der Waals surface area contributed by atoms with Crippen molar-refractivity contribution < 1.29 is 9.53 Å². The van der Waals surface area contributed by atoms with Gasteiger partial charge in [0, 0.05) is 0 Å². The monoisotopic (exact) mass is 243 g/mol.